The van der Waals surface area contributed by atoms with Gasteiger partial charge in [0.25, 0.3) is 0 Å². The normalized spacial score (nSPS) is 11.1. The third-order valence-corrected chi connectivity index (χ3v) is 3.54. The summed E-state index contributed by atoms with van der Waals surface area (Å²) in [6.07, 6.45) is 2.42. The average Bonchev–Trinajstić information content (AvgIpc) is 2.86. The van der Waals surface area contributed by atoms with Crippen LogP contribution in [0.1, 0.15) is 31.3 Å². The molecule has 20 heavy (non-hydrogen) atoms. The van der Waals surface area contributed by atoms with Gasteiger partial charge in [-0.05, 0) is 60.4 Å². The Hall–Kier alpha value is -1.40. The fourth-order valence-corrected chi connectivity index (χ4v) is 2.48. The summed E-state index contributed by atoms with van der Waals surface area (Å²) in [5, 5.41) is 4.19. The first kappa shape index (κ1) is 15.0. The minimum atomic E-state index is 0.270. The minimum absolute atomic E-state index is 0.270. The summed E-state index contributed by atoms with van der Waals surface area (Å²) >= 11 is 3.52. The SMILES string of the molecule is CC(C)n1ncnc1COc1ccc(CCN)cc1Br. The van der Waals surface area contributed by atoms with Crippen molar-refractivity contribution in [2.75, 3.05) is 6.54 Å². The number of halogens is 1. The molecule has 5 nitrogen and oxygen atoms in total. The number of nitrogens with zero attached hydrogens (tertiary/aromatic N) is 3. The fraction of sp³-hybridized carbons (Fsp3) is 0.429. The molecule has 0 spiro atoms. The smallest absolute Gasteiger partial charge is 0.165 e. The van der Waals surface area contributed by atoms with Crippen molar-refractivity contribution in [3.63, 3.8) is 0 Å². The van der Waals surface area contributed by atoms with Gasteiger partial charge in [-0.1, -0.05) is 6.07 Å². The summed E-state index contributed by atoms with van der Waals surface area (Å²) in [4.78, 5) is 4.22. The highest BCUT2D eigenvalue weighted by Gasteiger charge is 2.09. The van der Waals surface area contributed by atoms with Gasteiger partial charge < -0.3 is 10.5 Å². The van der Waals surface area contributed by atoms with Crippen LogP contribution in [0.25, 0.3) is 0 Å². The predicted molar refractivity (Wildman–Crippen MR) is 81.6 cm³/mol. The van der Waals surface area contributed by atoms with Gasteiger partial charge in [-0.15, -0.1) is 0 Å². The van der Waals surface area contributed by atoms with Crippen molar-refractivity contribution in [2.24, 2.45) is 5.73 Å². The van der Waals surface area contributed by atoms with Gasteiger partial charge in [0.05, 0.1) is 4.47 Å². The van der Waals surface area contributed by atoms with E-state index in [1.165, 1.54) is 5.56 Å². The van der Waals surface area contributed by atoms with Gasteiger partial charge in [0.2, 0.25) is 0 Å². The Morgan fingerprint density at radius 3 is 2.85 bits per heavy atom. The third-order valence-electron chi connectivity index (χ3n) is 2.92. The molecule has 2 rings (SSSR count). The molecule has 0 saturated heterocycles. The van der Waals surface area contributed by atoms with Crippen molar-refractivity contribution in [2.45, 2.75) is 32.9 Å². The van der Waals surface area contributed by atoms with E-state index >= 15 is 0 Å². The molecule has 0 unspecified atom stereocenters. The van der Waals surface area contributed by atoms with Crippen LogP contribution in [0.3, 0.4) is 0 Å². The van der Waals surface area contributed by atoms with Gasteiger partial charge in [-0.3, -0.25) is 0 Å². The van der Waals surface area contributed by atoms with Crippen LogP contribution in [0.5, 0.6) is 5.75 Å². The van der Waals surface area contributed by atoms with Gasteiger partial charge in [0.1, 0.15) is 18.7 Å². The second-order valence-corrected chi connectivity index (χ2v) is 5.66. The van der Waals surface area contributed by atoms with Crippen LogP contribution < -0.4 is 10.5 Å². The Kier molecular flexibility index (Phi) is 5.14. The zero-order valence-corrected chi connectivity index (χ0v) is 13.3. The van der Waals surface area contributed by atoms with Crippen molar-refractivity contribution in [3.8, 4) is 5.75 Å². The van der Waals surface area contributed by atoms with Gasteiger partial charge >= 0.3 is 0 Å². The molecule has 1 heterocycles. The molecule has 0 saturated carbocycles. The summed E-state index contributed by atoms with van der Waals surface area (Å²) in [5.41, 5.74) is 6.74. The van der Waals surface area contributed by atoms with Crippen LogP contribution in [0.15, 0.2) is 29.0 Å². The molecular formula is C14H19BrN4O. The largest absolute Gasteiger partial charge is 0.484 e. The lowest BCUT2D eigenvalue weighted by atomic mass is 10.1. The Morgan fingerprint density at radius 2 is 2.20 bits per heavy atom. The second-order valence-electron chi connectivity index (χ2n) is 4.81. The van der Waals surface area contributed by atoms with E-state index in [-0.39, 0.29) is 6.04 Å². The Bertz CT molecular complexity index is 568. The summed E-state index contributed by atoms with van der Waals surface area (Å²) in [5.74, 6) is 1.61. The maximum Gasteiger partial charge on any atom is 0.165 e. The molecule has 2 N–H and O–H groups in total. The number of aromatic nitrogens is 3. The maximum atomic E-state index is 5.80. The highest BCUT2D eigenvalue weighted by Crippen LogP contribution is 2.27. The molecule has 1 aromatic heterocycles. The molecular weight excluding hydrogens is 320 g/mol. The van der Waals surface area contributed by atoms with E-state index in [9.17, 15) is 0 Å². The third kappa shape index (κ3) is 3.58. The number of hydrogen-bond donors (Lipinski definition) is 1. The number of ether oxygens (including phenoxy) is 1. The molecule has 6 heteroatoms. The number of nitrogens with two attached hydrogens (primary N) is 1. The molecule has 0 aliphatic carbocycles. The van der Waals surface area contributed by atoms with Crippen molar-refractivity contribution < 1.29 is 4.74 Å². The van der Waals surface area contributed by atoms with Crippen LogP contribution in [-0.2, 0) is 13.0 Å². The second kappa shape index (κ2) is 6.85. The molecule has 0 radical (unpaired) electrons. The van der Waals surface area contributed by atoms with Crippen LogP contribution >= 0.6 is 15.9 Å². The lowest BCUT2D eigenvalue weighted by Crippen LogP contribution is -2.11. The zero-order valence-electron chi connectivity index (χ0n) is 11.7. The summed E-state index contributed by atoms with van der Waals surface area (Å²) in [7, 11) is 0. The molecule has 0 bridgehead atoms. The quantitative estimate of drug-likeness (QED) is 0.879. The van der Waals surface area contributed by atoms with E-state index in [0.29, 0.717) is 13.2 Å². The van der Waals surface area contributed by atoms with Gasteiger partial charge in [0, 0.05) is 6.04 Å². The van der Waals surface area contributed by atoms with E-state index in [1.807, 2.05) is 22.9 Å². The van der Waals surface area contributed by atoms with Gasteiger partial charge in [-0.2, -0.15) is 5.10 Å². The van der Waals surface area contributed by atoms with E-state index in [4.69, 9.17) is 10.5 Å². The van der Waals surface area contributed by atoms with Crippen LogP contribution in [0, 0.1) is 0 Å². The van der Waals surface area contributed by atoms with Crippen molar-refractivity contribution in [1.82, 2.24) is 14.8 Å². The summed E-state index contributed by atoms with van der Waals surface area (Å²) < 4.78 is 8.59. The first-order valence-electron chi connectivity index (χ1n) is 6.61. The molecule has 0 amide bonds. The van der Waals surface area contributed by atoms with E-state index < -0.39 is 0 Å². The van der Waals surface area contributed by atoms with Crippen LogP contribution in [0.2, 0.25) is 0 Å². The van der Waals surface area contributed by atoms with Crippen molar-refractivity contribution >= 4 is 15.9 Å². The van der Waals surface area contributed by atoms with Crippen LogP contribution in [0.4, 0.5) is 0 Å². The molecule has 1 aromatic carbocycles. The van der Waals surface area contributed by atoms with E-state index in [2.05, 4.69) is 39.9 Å². The van der Waals surface area contributed by atoms with Crippen molar-refractivity contribution in [1.29, 1.82) is 0 Å². The first-order valence-corrected chi connectivity index (χ1v) is 7.40. The topological polar surface area (TPSA) is 66.0 Å². The lowest BCUT2D eigenvalue weighted by molar-refractivity contribution is 0.280. The van der Waals surface area contributed by atoms with Crippen molar-refractivity contribution in [3.05, 3.63) is 40.4 Å². The zero-order chi connectivity index (χ0) is 14.5. The molecule has 108 valence electrons. The molecule has 0 atom stereocenters. The molecule has 0 fully saturated rings. The van der Waals surface area contributed by atoms with E-state index in [0.717, 1.165) is 22.5 Å². The Labute approximate surface area is 127 Å². The first-order chi connectivity index (χ1) is 9.61. The summed E-state index contributed by atoms with van der Waals surface area (Å²) in [6, 6.07) is 6.28. The molecule has 0 aliphatic rings. The predicted octanol–water partition coefficient (Wildman–Crippen LogP) is 2.70. The minimum Gasteiger partial charge on any atom is -0.484 e. The fourth-order valence-electron chi connectivity index (χ4n) is 1.93. The van der Waals surface area contributed by atoms with E-state index in [1.54, 1.807) is 6.33 Å². The average molecular weight is 339 g/mol. The lowest BCUT2D eigenvalue weighted by Gasteiger charge is -2.12. The number of rotatable bonds is 6. The maximum absolute atomic E-state index is 5.80. The Morgan fingerprint density at radius 1 is 1.40 bits per heavy atom. The molecule has 0 aliphatic heterocycles. The summed E-state index contributed by atoms with van der Waals surface area (Å²) in [6.45, 7) is 5.17. The van der Waals surface area contributed by atoms with Gasteiger partial charge in [0.15, 0.2) is 5.82 Å². The number of hydrogen-bond acceptors (Lipinski definition) is 4. The Balaban J connectivity index is 2.05. The molecule has 2 aromatic rings. The monoisotopic (exact) mass is 338 g/mol. The highest BCUT2D eigenvalue weighted by molar-refractivity contribution is 9.10. The standard InChI is InChI=1S/C14H19BrN4O/c1-10(2)19-14(17-9-18-19)8-20-13-4-3-11(5-6-16)7-12(13)15/h3-4,7,9-10H,5-6,8,16H2,1-2H3. The van der Waals surface area contributed by atoms with Gasteiger partial charge in [-0.25, -0.2) is 9.67 Å². The van der Waals surface area contributed by atoms with Crippen LogP contribution in [-0.4, -0.2) is 21.3 Å². The number of benzene rings is 1. The highest BCUT2D eigenvalue weighted by atomic mass is 79.9.